The smallest absolute Gasteiger partial charge is 0.127 e. The van der Waals surface area contributed by atoms with E-state index in [0.717, 1.165) is 40.8 Å². The van der Waals surface area contributed by atoms with E-state index in [9.17, 15) is 0 Å². The van der Waals surface area contributed by atoms with Crippen LogP contribution < -0.4 is 10.5 Å². The predicted molar refractivity (Wildman–Crippen MR) is 60.5 cm³/mol. The van der Waals surface area contributed by atoms with Crippen LogP contribution in [-0.4, -0.2) is 6.61 Å². The summed E-state index contributed by atoms with van der Waals surface area (Å²) in [5.41, 5.74) is 8.38. The first-order valence-corrected chi connectivity index (χ1v) is 5.66. The summed E-state index contributed by atoms with van der Waals surface area (Å²) in [4.78, 5) is 0. The predicted octanol–water partition coefficient (Wildman–Crippen LogP) is 2.93. The molecule has 0 bridgehead atoms. The molecule has 0 spiro atoms. The Labute approximate surface area is 92.6 Å². The lowest BCUT2D eigenvalue weighted by Gasteiger charge is -2.14. The molecule has 76 valence electrons. The van der Waals surface area contributed by atoms with Crippen LogP contribution in [0.5, 0.6) is 5.75 Å². The first kappa shape index (κ1) is 9.99. The average Bonchev–Trinajstić information content (AvgIpc) is 2.29. The number of hydrogen-bond acceptors (Lipinski definition) is 2. The summed E-state index contributed by atoms with van der Waals surface area (Å²) in [6.07, 6.45) is 2.04. The highest BCUT2D eigenvalue weighted by atomic mass is 79.9. The fourth-order valence-electron chi connectivity index (χ4n) is 1.86. The lowest BCUT2D eigenvalue weighted by molar-refractivity contribution is 0.314. The van der Waals surface area contributed by atoms with E-state index in [1.54, 1.807) is 0 Å². The Morgan fingerprint density at radius 2 is 2.29 bits per heavy atom. The third-order valence-electron chi connectivity index (χ3n) is 2.57. The fourth-order valence-corrected chi connectivity index (χ4v) is 2.45. The van der Waals surface area contributed by atoms with Crippen molar-refractivity contribution in [3.8, 4) is 5.75 Å². The van der Waals surface area contributed by atoms with Crippen molar-refractivity contribution in [2.24, 2.45) is 5.73 Å². The molecule has 1 aliphatic heterocycles. The lowest BCUT2D eigenvalue weighted by Crippen LogP contribution is -2.09. The number of ether oxygens (including phenoxy) is 1. The van der Waals surface area contributed by atoms with Crippen molar-refractivity contribution in [1.29, 1.82) is 0 Å². The van der Waals surface area contributed by atoms with Crippen LogP contribution >= 0.6 is 15.9 Å². The molecule has 0 radical (unpaired) electrons. The van der Waals surface area contributed by atoms with Crippen LogP contribution in [0.15, 0.2) is 16.6 Å². The number of nitrogens with two attached hydrogens (primary N) is 1. The van der Waals surface area contributed by atoms with E-state index in [2.05, 4.69) is 35.0 Å². The maximum atomic E-state index is 6.08. The maximum Gasteiger partial charge on any atom is 0.127 e. The Hall–Kier alpha value is -0.540. The van der Waals surface area contributed by atoms with Gasteiger partial charge in [-0.1, -0.05) is 15.9 Å². The molecule has 1 unspecified atom stereocenters. The van der Waals surface area contributed by atoms with Crippen molar-refractivity contribution in [2.45, 2.75) is 25.8 Å². The second-order valence-corrected chi connectivity index (χ2v) is 4.65. The molecular weight excluding hydrogens is 242 g/mol. The van der Waals surface area contributed by atoms with Crippen molar-refractivity contribution in [1.82, 2.24) is 0 Å². The van der Waals surface area contributed by atoms with Crippen molar-refractivity contribution < 1.29 is 4.74 Å². The molecule has 14 heavy (non-hydrogen) atoms. The van der Waals surface area contributed by atoms with E-state index in [1.807, 2.05) is 0 Å². The zero-order chi connectivity index (χ0) is 10.1. The Bertz CT molecular complexity index is 351. The van der Waals surface area contributed by atoms with Crippen LogP contribution in [-0.2, 0) is 0 Å². The quantitative estimate of drug-likeness (QED) is 0.774. The van der Waals surface area contributed by atoms with Crippen molar-refractivity contribution in [3.63, 3.8) is 0 Å². The minimum absolute atomic E-state index is 0.115. The van der Waals surface area contributed by atoms with Gasteiger partial charge in [0, 0.05) is 16.1 Å². The van der Waals surface area contributed by atoms with E-state index in [4.69, 9.17) is 10.5 Å². The Morgan fingerprint density at radius 3 is 3.07 bits per heavy atom. The van der Waals surface area contributed by atoms with E-state index in [-0.39, 0.29) is 6.04 Å². The molecule has 0 aromatic heterocycles. The summed E-state index contributed by atoms with van der Waals surface area (Å²) < 4.78 is 6.78. The van der Waals surface area contributed by atoms with Crippen LogP contribution in [0.3, 0.4) is 0 Å². The van der Waals surface area contributed by atoms with Crippen LogP contribution in [0.4, 0.5) is 0 Å². The second-order valence-electron chi connectivity index (χ2n) is 3.74. The first-order valence-electron chi connectivity index (χ1n) is 4.87. The number of benzene rings is 1. The first-order chi connectivity index (χ1) is 6.68. The largest absolute Gasteiger partial charge is 0.493 e. The molecule has 1 aromatic carbocycles. The zero-order valence-electron chi connectivity index (χ0n) is 8.22. The third kappa shape index (κ3) is 1.79. The molecule has 1 heterocycles. The highest BCUT2D eigenvalue weighted by molar-refractivity contribution is 9.10. The molecule has 0 aliphatic carbocycles. The zero-order valence-corrected chi connectivity index (χ0v) is 9.80. The van der Waals surface area contributed by atoms with Crippen LogP contribution in [0.2, 0.25) is 0 Å². The van der Waals surface area contributed by atoms with E-state index < -0.39 is 0 Å². The molecule has 1 aromatic rings. The molecule has 2 rings (SSSR count). The van der Waals surface area contributed by atoms with Gasteiger partial charge in [-0.3, -0.25) is 0 Å². The van der Waals surface area contributed by atoms with E-state index in [0.29, 0.717) is 0 Å². The Kier molecular flexibility index (Phi) is 2.79. The number of rotatable bonds is 0. The molecular formula is C11H14BrNO. The van der Waals surface area contributed by atoms with E-state index >= 15 is 0 Å². The second kappa shape index (κ2) is 3.91. The normalized spacial score (nSPS) is 20.9. The number of hydrogen-bond donors (Lipinski definition) is 1. The summed E-state index contributed by atoms with van der Waals surface area (Å²) in [5, 5.41) is 0. The number of halogens is 1. The van der Waals surface area contributed by atoms with E-state index in [1.165, 1.54) is 0 Å². The highest BCUT2D eigenvalue weighted by Gasteiger charge is 2.18. The lowest BCUT2D eigenvalue weighted by atomic mass is 10.0. The monoisotopic (exact) mass is 255 g/mol. The van der Waals surface area contributed by atoms with Gasteiger partial charge in [0.05, 0.1) is 6.61 Å². The summed E-state index contributed by atoms with van der Waals surface area (Å²) in [6, 6.07) is 4.25. The molecule has 1 atom stereocenters. The van der Waals surface area contributed by atoms with Gasteiger partial charge in [-0.15, -0.1) is 0 Å². The highest BCUT2D eigenvalue weighted by Crippen LogP contribution is 2.35. The standard InChI is InChI=1S/C11H14BrNO/c1-7-5-8(12)6-9-10(13)3-2-4-14-11(7)9/h5-6,10H,2-4,13H2,1H3. The van der Waals surface area contributed by atoms with Gasteiger partial charge in [0.15, 0.2) is 0 Å². The van der Waals surface area contributed by atoms with Gasteiger partial charge < -0.3 is 10.5 Å². The van der Waals surface area contributed by atoms with Crippen LogP contribution in [0.1, 0.15) is 30.0 Å². The topological polar surface area (TPSA) is 35.2 Å². The molecule has 1 aliphatic rings. The summed E-state index contributed by atoms with van der Waals surface area (Å²) in [5.74, 6) is 0.984. The van der Waals surface area contributed by atoms with Crippen molar-refractivity contribution >= 4 is 15.9 Å². The molecule has 2 nitrogen and oxygen atoms in total. The molecule has 2 N–H and O–H groups in total. The molecule has 0 fully saturated rings. The minimum Gasteiger partial charge on any atom is -0.493 e. The van der Waals surface area contributed by atoms with Gasteiger partial charge in [-0.05, 0) is 37.5 Å². The number of fused-ring (bicyclic) bond motifs is 1. The van der Waals surface area contributed by atoms with Crippen molar-refractivity contribution in [2.75, 3.05) is 6.61 Å². The third-order valence-corrected chi connectivity index (χ3v) is 3.03. The van der Waals surface area contributed by atoms with Gasteiger partial charge in [0.25, 0.3) is 0 Å². The summed E-state index contributed by atoms with van der Waals surface area (Å²) in [7, 11) is 0. The Morgan fingerprint density at radius 1 is 1.50 bits per heavy atom. The van der Waals surface area contributed by atoms with Gasteiger partial charge in [0.1, 0.15) is 5.75 Å². The van der Waals surface area contributed by atoms with Crippen molar-refractivity contribution in [3.05, 3.63) is 27.7 Å². The molecule has 3 heteroatoms. The summed E-state index contributed by atoms with van der Waals surface area (Å²) >= 11 is 3.48. The number of aryl methyl sites for hydroxylation is 1. The van der Waals surface area contributed by atoms with Crippen LogP contribution in [0.25, 0.3) is 0 Å². The van der Waals surface area contributed by atoms with Crippen LogP contribution in [0, 0.1) is 6.92 Å². The Balaban J connectivity index is 2.53. The van der Waals surface area contributed by atoms with Gasteiger partial charge in [-0.25, -0.2) is 0 Å². The molecule has 0 saturated heterocycles. The molecule has 0 saturated carbocycles. The average molecular weight is 256 g/mol. The summed E-state index contributed by atoms with van der Waals surface area (Å²) in [6.45, 7) is 2.84. The molecule has 0 amide bonds. The van der Waals surface area contributed by atoms with Gasteiger partial charge >= 0.3 is 0 Å². The maximum absolute atomic E-state index is 6.08. The van der Waals surface area contributed by atoms with Gasteiger partial charge in [-0.2, -0.15) is 0 Å². The SMILES string of the molecule is Cc1cc(Br)cc2c1OCCCC2N. The minimum atomic E-state index is 0.115. The fraction of sp³-hybridized carbons (Fsp3) is 0.455. The van der Waals surface area contributed by atoms with Gasteiger partial charge in [0.2, 0.25) is 0 Å².